The molecule has 3 aromatic rings. The Balaban J connectivity index is 1.65. The standard InChI is InChI=1S/C20H24N4O2S/c1-3-26-19(25)15-7-6-10-22(12-15)13-23-20(27)24-17-9-5-4-8-16(17)14(2)11-18(24)21-23/h4-5,8-9,11,15H,3,6-7,10,12-13H2,1-2H3/t15-/m0/s1. The van der Waals surface area contributed by atoms with Gasteiger partial charge in [0, 0.05) is 11.9 Å². The third-order valence-electron chi connectivity index (χ3n) is 5.24. The normalized spacial score (nSPS) is 18.2. The Hall–Kier alpha value is -2.25. The maximum absolute atomic E-state index is 12.1. The second kappa shape index (κ2) is 7.40. The van der Waals surface area contributed by atoms with Gasteiger partial charge in [0.25, 0.3) is 0 Å². The number of piperidine rings is 1. The summed E-state index contributed by atoms with van der Waals surface area (Å²) in [5.74, 6) is -0.157. The lowest BCUT2D eigenvalue weighted by Gasteiger charge is -2.31. The Bertz CT molecular complexity index is 1060. The number of ether oxygens (including phenoxy) is 1. The first-order valence-electron chi connectivity index (χ1n) is 9.45. The van der Waals surface area contributed by atoms with Gasteiger partial charge in [-0.3, -0.25) is 14.1 Å². The number of carbonyl (C=O) groups excluding carboxylic acids is 1. The largest absolute Gasteiger partial charge is 0.466 e. The van der Waals surface area contributed by atoms with Gasteiger partial charge in [0.15, 0.2) is 5.65 Å². The minimum atomic E-state index is -0.0950. The van der Waals surface area contributed by atoms with E-state index >= 15 is 0 Å². The topological polar surface area (TPSA) is 51.8 Å². The third kappa shape index (κ3) is 3.37. The summed E-state index contributed by atoms with van der Waals surface area (Å²) in [7, 11) is 0. The van der Waals surface area contributed by atoms with Gasteiger partial charge in [0.1, 0.15) is 0 Å². The molecular formula is C20H24N4O2S. The van der Waals surface area contributed by atoms with Crippen molar-refractivity contribution in [3.8, 4) is 0 Å². The Labute approximate surface area is 163 Å². The molecule has 0 radical (unpaired) electrons. The molecule has 1 aliphatic heterocycles. The highest BCUT2D eigenvalue weighted by Crippen LogP contribution is 2.22. The number of likely N-dealkylation sites (tertiary alicyclic amines) is 1. The van der Waals surface area contributed by atoms with Crippen molar-refractivity contribution in [1.29, 1.82) is 0 Å². The first kappa shape index (κ1) is 18.1. The fourth-order valence-electron chi connectivity index (χ4n) is 3.94. The van der Waals surface area contributed by atoms with Crippen molar-refractivity contribution in [2.75, 3.05) is 19.7 Å². The quantitative estimate of drug-likeness (QED) is 0.509. The Morgan fingerprint density at radius 2 is 2.19 bits per heavy atom. The van der Waals surface area contributed by atoms with Crippen LogP contribution in [0.15, 0.2) is 30.3 Å². The molecule has 0 aliphatic carbocycles. The second-order valence-electron chi connectivity index (χ2n) is 7.13. The van der Waals surface area contributed by atoms with Crippen LogP contribution in [0.4, 0.5) is 0 Å². The summed E-state index contributed by atoms with van der Waals surface area (Å²) in [6.45, 7) is 6.59. The molecule has 4 rings (SSSR count). The van der Waals surface area contributed by atoms with Crippen molar-refractivity contribution in [3.63, 3.8) is 0 Å². The molecule has 6 nitrogen and oxygen atoms in total. The van der Waals surface area contributed by atoms with Crippen LogP contribution in [0.25, 0.3) is 16.6 Å². The number of carbonyl (C=O) groups is 1. The fraction of sp³-hybridized carbons (Fsp3) is 0.450. The minimum absolute atomic E-state index is 0.0621. The number of para-hydroxylation sites is 1. The van der Waals surface area contributed by atoms with E-state index in [-0.39, 0.29) is 11.9 Å². The first-order chi connectivity index (χ1) is 13.1. The summed E-state index contributed by atoms with van der Waals surface area (Å²) in [6, 6.07) is 10.3. The van der Waals surface area contributed by atoms with Crippen molar-refractivity contribution in [3.05, 3.63) is 40.7 Å². The molecule has 1 fully saturated rings. The third-order valence-corrected chi connectivity index (χ3v) is 5.63. The summed E-state index contributed by atoms with van der Waals surface area (Å²) >= 11 is 5.73. The van der Waals surface area contributed by atoms with E-state index in [4.69, 9.17) is 22.1 Å². The monoisotopic (exact) mass is 384 g/mol. The van der Waals surface area contributed by atoms with E-state index in [1.807, 2.05) is 28.1 Å². The van der Waals surface area contributed by atoms with Crippen LogP contribution >= 0.6 is 12.2 Å². The van der Waals surface area contributed by atoms with Gasteiger partial charge in [-0.25, -0.2) is 4.68 Å². The van der Waals surface area contributed by atoms with Crippen LogP contribution < -0.4 is 0 Å². The van der Waals surface area contributed by atoms with E-state index in [0.717, 1.165) is 30.6 Å². The Morgan fingerprint density at radius 3 is 3.00 bits per heavy atom. The van der Waals surface area contributed by atoms with Gasteiger partial charge < -0.3 is 4.74 Å². The summed E-state index contributed by atoms with van der Waals surface area (Å²) in [6.07, 6.45) is 1.86. The highest BCUT2D eigenvalue weighted by atomic mass is 32.1. The molecular weight excluding hydrogens is 360 g/mol. The number of nitrogens with zero attached hydrogens (tertiary/aromatic N) is 4. The fourth-order valence-corrected chi connectivity index (χ4v) is 4.23. The molecule has 3 heterocycles. The molecule has 0 unspecified atom stereocenters. The van der Waals surface area contributed by atoms with Gasteiger partial charge >= 0.3 is 5.97 Å². The number of hydrogen-bond donors (Lipinski definition) is 0. The lowest BCUT2D eigenvalue weighted by atomic mass is 9.99. The molecule has 0 amide bonds. The van der Waals surface area contributed by atoms with Crippen molar-refractivity contribution in [2.24, 2.45) is 5.92 Å². The van der Waals surface area contributed by atoms with E-state index in [9.17, 15) is 4.79 Å². The van der Waals surface area contributed by atoms with Gasteiger partial charge in [-0.2, -0.15) is 5.10 Å². The van der Waals surface area contributed by atoms with E-state index in [1.165, 1.54) is 10.9 Å². The maximum Gasteiger partial charge on any atom is 0.310 e. The number of pyridine rings is 1. The lowest BCUT2D eigenvalue weighted by molar-refractivity contribution is -0.150. The SMILES string of the molecule is CCOC(=O)[C@H]1CCCN(Cn2nc3cc(C)c4ccccc4n3c2=S)C1. The summed E-state index contributed by atoms with van der Waals surface area (Å²) < 4.78 is 9.78. The maximum atomic E-state index is 12.1. The second-order valence-corrected chi connectivity index (χ2v) is 7.49. The number of aromatic nitrogens is 3. The molecule has 1 saturated heterocycles. The number of fused-ring (bicyclic) bond motifs is 3. The van der Waals surface area contributed by atoms with E-state index in [2.05, 4.69) is 30.0 Å². The van der Waals surface area contributed by atoms with Crippen LogP contribution in [0, 0.1) is 17.6 Å². The molecule has 2 aromatic heterocycles. The van der Waals surface area contributed by atoms with Crippen LogP contribution in [0.2, 0.25) is 0 Å². The van der Waals surface area contributed by atoms with Crippen molar-refractivity contribution >= 4 is 34.7 Å². The van der Waals surface area contributed by atoms with Crippen LogP contribution in [0.5, 0.6) is 0 Å². The molecule has 1 aromatic carbocycles. The van der Waals surface area contributed by atoms with E-state index in [0.29, 0.717) is 24.6 Å². The van der Waals surface area contributed by atoms with Crippen LogP contribution in [-0.2, 0) is 16.2 Å². The number of hydrogen-bond acceptors (Lipinski definition) is 5. The number of benzene rings is 1. The van der Waals surface area contributed by atoms with Crippen LogP contribution in [-0.4, -0.2) is 44.7 Å². The molecule has 1 aliphatic rings. The van der Waals surface area contributed by atoms with Gasteiger partial charge in [-0.15, -0.1) is 0 Å². The summed E-state index contributed by atoms with van der Waals surface area (Å²) in [5, 5.41) is 5.92. The van der Waals surface area contributed by atoms with Gasteiger partial charge in [-0.05, 0) is 63.1 Å². The van der Waals surface area contributed by atoms with E-state index < -0.39 is 0 Å². The highest BCUT2D eigenvalue weighted by molar-refractivity contribution is 7.71. The molecule has 0 bridgehead atoms. The Kier molecular flexibility index (Phi) is 4.97. The predicted molar refractivity (Wildman–Crippen MR) is 107 cm³/mol. The molecule has 27 heavy (non-hydrogen) atoms. The number of esters is 1. The number of rotatable bonds is 4. The first-order valence-corrected chi connectivity index (χ1v) is 9.86. The average molecular weight is 385 g/mol. The molecule has 142 valence electrons. The van der Waals surface area contributed by atoms with Crippen molar-refractivity contribution in [1.82, 2.24) is 19.1 Å². The van der Waals surface area contributed by atoms with Crippen LogP contribution in [0.1, 0.15) is 25.3 Å². The van der Waals surface area contributed by atoms with E-state index in [1.54, 1.807) is 0 Å². The van der Waals surface area contributed by atoms with Gasteiger partial charge in [-0.1, -0.05) is 18.2 Å². The highest BCUT2D eigenvalue weighted by Gasteiger charge is 2.27. The molecule has 7 heteroatoms. The number of aryl methyl sites for hydroxylation is 1. The van der Waals surface area contributed by atoms with Gasteiger partial charge in [0.05, 0.1) is 24.7 Å². The average Bonchev–Trinajstić information content (AvgIpc) is 2.98. The van der Waals surface area contributed by atoms with Gasteiger partial charge in [0.2, 0.25) is 4.77 Å². The molecule has 1 atom stereocenters. The lowest BCUT2D eigenvalue weighted by Crippen LogP contribution is -2.40. The molecule has 0 N–H and O–H groups in total. The smallest absolute Gasteiger partial charge is 0.310 e. The molecule has 0 saturated carbocycles. The Morgan fingerprint density at radius 1 is 1.37 bits per heavy atom. The predicted octanol–water partition coefficient (Wildman–Crippen LogP) is 3.56. The van der Waals surface area contributed by atoms with Crippen molar-refractivity contribution < 1.29 is 9.53 Å². The zero-order valence-electron chi connectivity index (χ0n) is 15.7. The van der Waals surface area contributed by atoms with Crippen LogP contribution in [0.3, 0.4) is 0 Å². The summed E-state index contributed by atoms with van der Waals surface area (Å²) in [4.78, 5) is 14.3. The zero-order chi connectivity index (χ0) is 19.0. The zero-order valence-corrected chi connectivity index (χ0v) is 16.5. The minimum Gasteiger partial charge on any atom is -0.466 e. The van der Waals surface area contributed by atoms with Crippen molar-refractivity contribution in [2.45, 2.75) is 33.4 Å². The summed E-state index contributed by atoms with van der Waals surface area (Å²) in [5.41, 5.74) is 3.12. The molecule has 0 spiro atoms.